The molecule has 0 fully saturated rings. The molecular formula is C12H16N4. The van der Waals surface area contributed by atoms with E-state index in [0.29, 0.717) is 0 Å². The second-order valence-electron chi connectivity index (χ2n) is 3.91. The highest BCUT2D eigenvalue weighted by atomic mass is 15.1. The smallest absolute Gasteiger partial charge is 0.111 e. The zero-order valence-electron chi connectivity index (χ0n) is 9.70. The number of aromatic amines is 1. The number of rotatable bonds is 4. The van der Waals surface area contributed by atoms with Crippen LogP contribution in [0.3, 0.4) is 0 Å². The summed E-state index contributed by atoms with van der Waals surface area (Å²) in [6.07, 6.45) is 5.16. The largest absolute Gasteiger partial charge is 0.341 e. The summed E-state index contributed by atoms with van der Waals surface area (Å²) in [4.78, 5) is 7.60. The molecule has 2 rings (SSSR count). The minimum absolute atomic E-state index is 0.848. The molecule has 0 aliphatic heterocycles. The topological polar surface area (TPSA) is 54.5 Å². The third-order valence-electron chi connectivity index (χ3n) is 2.47. The molecule has 0 aliphatic rings. The molecule has 0 unspecified atom stereocenters. The maximum absolute atomic E-state index is 4.33. The number of nitrogens with zero attached hydrogens (tertiary/aromatic N) is 3. The lowest BCUT2D eigenvalue weighted by atomic mass is 10.2. The van der Waals surface area contributed by atoms with Gasteiger partial charge in [0.1, 0.15) is 11.5 Å². The van der Waals surface area contributed by atoms with E-state index in [-0.39, 0.29) is 0 Å². The van der Waals surface area contributed by atoms with Crippen LogP contribution in [0.15, 0.2) is 18.3 Å². The number of hydrogen-bond acceptors (Lipinski definition) is 3. The molecule has 0 aromatic carbocycles. The van der Waals surface area contributed by atoms with E-state index in [1.165, 1.54) is 6.42 Å². The fraction of sp³-hybridized carbons (Fsp3) is 0.417. The van der Waals surface area contributed by atoms with Gasteiger partial charge in [-0.2, -0.15) is 5.10 Å². The number of unbranched alkanes of at least 4 members (excludes halogenated alkanes) is 1. The highest BCUT2D eigenvalue weighted by Crippen LogP contribution is 2.14. The first-order chi connectivity index (χ1) is 7.79. The summed E-state index contributed by atoms with van der Waals surface area (Å²) >= 11 is 0. The molecule has 0 spiro atoms. The Labute approximate surface area is 95.1 Å². The molecule has 4 heteroatoms. The van der Waals surface area contributed by atoms with Gasteiger partial charge in [-0.05, 0) is 25.5 Å². The molecule has 0 radical (unpaired) electrons. The second-order valence-corrected chi connectivity index (χ2v) is 3.91. The lowest BCUT2D eigenvalue weighted by molar-refractivity contribution is 0.762. The van der Waals surface area contributed by atoms with Crippen molar-refractivity contribution in [1.29, 1.82) is 0 Å². The van der Waals surface area contributed by atoms with Crippen LogP contribution in [0.2, 0.25) is 0 Å². The fourth-order valence-corrected chi connectivity index (χ4v) is 1.51. The monoisotopic (exact) mass is 216 g/mol. The van der Waals surface area contributed by atoms with Crippen LogP contribution in [0.5, 0.6) is 0 Å². The molecule has 0 aliphatic carbocycles. The van der Waals surface area contributed by atoms with E-state index in [1.807, 2.05) is 25.3 Å². The normalized spacial score (nSPS) is 10.6. The maximum atomic E-state index is 4.33. The second kappa shape index (κ2) is 4.88. The lowest BCUT2D eigenvalue weighted by Gasteiger charge is -1.96. The number of hydrogen-bond donors (Lipinski definition) is 1. The van der Waals surface area contributed by atoms with Gasteiger partial charge in [0, 0.05) is 6.42 Å². The van der Waals surface area contributed by atoms with Crippen molar-refractivity contribution in [3.8, 4) is 11.4 Å². The highest BCUT2D eigenvalue weighted by molar-refractivity contribution is 5.52. The Morgan fingerprint density at radius 1 is 1.25 bits per heavy atom. The van der Waals surface area contributed by atoms with E-state index < -0.39 is 0 Å². The molecule has 84 valence electrons. The fourth-order valence-electron chi connectivity index (χ4n) is 1.51. The predicted molar refractivity (Wildman–Crippen MR) is 63.0 cm³/mol. The molecular weight excluding hydrogens is 200 g/mol. The third-order valence-corrected chi connectivity index (χ3v) is 2.47. The molecule has 2 aromatic rings. The number of H-pyrrole nitrogens is 1. The summed E-state index contributed by atoms with van der Waals surface area (Å²) in [6.45, 7) is 4.10. The number of aromatic nitrogens is 4. The van der Waals surface area contributed by atoms with Crippen LogP contribution in [0, 0.1) is 6.92 Å². The van der Waals surface area contributed by atoms with Gasteiger partial charge in [0.05, 0.1) is 17.6 Å². The summed E-state index contributed by atoms with van der Waals surface area (Å²) in [5, 5.41) is 8.15. The summed E-state index contributed by atoms with van der Waals surface area (Å²) in [7, 11) is 0. The van der Waals surface area contributed by atoms with Crippen LogP contribution in [0.1, 0.15) is 31.3 Å². The number of aryl methyl sites for hydroxylation is 2. The minimum Gasteiger partial charge on any atom is -0.341 e. The Balaban J connectivity index is 2.15. The van der Waals surface area contributed by atoms with Crippen molar-refractivity contribution >= 4 is 0 Å². The van der Waals surface area contributed by atoms with E-state index in [0.717, 1.165) is 35.7 Å². The Bertz CT molecular complexity index is 444. The summed E-state index contributed by atoms with van der Waals surface area (Å²) in [6, 6.07) is 3.91. The standard InChI is InChI=1S/C12H16N4/c1-3-4-5-12-13-8-11(14-12)10-7-6-9(2)15-16-10/h6-8H,3-5H2,1-2H3,(H,13,14). The van der Waals surface area contributed by atoms with Crippen LogP contribution >= 0.6 is 0 Å². The SMILES string of the molecule is CCCCc1ncc(-c2ccc(C)nn2)[nH]1. The van der Waals surface area contributed by atoms with Gasteiger partial charge in [0.25, 0.3) is 0 Å². The average Bonchev–Trinajstić information content (AvgIpc) is 2.76. The molecule has 16 heavy (non-hydrogen) atoms. The van der Waals surface area contributed by atoms with Gasteiger partial charge in [-0.3, -0.25) is 0 Å². The van der Waals surface area contributed by atoms with E-state index in [4.69, 9.17) is 0 Å². The van der Waals surface area contributed by atoms with Crippen LogP contribution < -0.4 is 0 Å². The van der Waals surface area contributed by atoms with Crippen molar-refractivity contribution in [2.75, 3.05) is 0 Å². The van der Waals surface area contributed by atoms with Crippen LogP contribution in [0.25, 0.3) is 11.4 Å². The third kappa shape index (κ3) is 2.45. The first-order valence-electron chi connectivity index (χ1n) is 5.64. The minimum atomic E-state index is 0.848. The summed E-state index contributed by atoms with van der Waals surface area (Å²) in [5.41, 5.74) is 2.72. The average molecular weight is 216 g/mol. The van der Waals surface area contributed by atoms with Gasteiger partial charge < -0.3 is 4.98 Å². The van der Waals surface area contributed by atoms with Crippen molar-refractivity contribution in [3.05, 3.63) is 29.8 Å². The molecule has 2 heterocycles. The van der Waals surface area contributed by atoms with Gasteiger partial charge in [0.2, 0.25) is 0 Å². The molecule has 0 amide bonds. The summed E-state index contributed by atoms with van der Waals surface area (Å²) < 4.78 is 0. The van der Waals surface area contributed by atoms with Crippen molar-refractivity contribution in [2.24, 2.45) is 0 Å². The summed E-state index contributed by atoms with van der Waals surface area (Å²) in [5.74, 6) is 1.03. The zero-order valence-corrected chi connectivity index (χ0v) is 9.70. The van der Waals surface area contributed by atoms with Crippen molar-refractivity contribution in [1.82, 2.24) is 20.2 Å². The van der Waals surface area contributed by atoms with Gasteiger partial charge in [-0.1, -0.05) is 13.3 Å². The highest BCUT2D eigenvalue weighted by Gasteiger charge is 2.04. The quantitative estimate of drug-likeness (QED) is 0.854. The number of nitrogens with one attached hydrogen (secondary N) is 1. The first kappa shape index (κ1) is 10.8. The van der Waals surface area contributed by atoms with Crippen LogP contribution in [0.4, 0.5) is 0 Å². The predicted octanol–water partition coefficient (Wildman–Crippen LogP) is 2.52. The van der Waals surface area contributed by atoms with Crippen LogP contribution in [-0.2, 0) is 6.42 Å². The van der Waals surface area contributed by atoms with E-state index >= 15 is 0 Å². The van der Waals surface area contributed by atoms with Crippen LogP contribution in [-0.4, -0.2) is 20.2 Å². The Hall–Kier alpha value is -1.71. The number of imidazole rings is 1. The van der Waals surface area contributed by atoms with E-state index in [1.54, 1.807) is 0 Å². The van der Waals surface area contributed by atoms with Crippen molar-refractivity contribution in [2.45, 2.75) is 33.1 Å². The molecule has 1 N–H and O–H groups in total. The Morgan fingerprint density at radius 2 is 2.12 bits per heavy atom. The van der Waals surface area contributed by atoms with Gasteiger partial charge in [-0.25, -0.2) is 4.98 Å². The molecule has 0 bridgehead atoms. The van der Waals surface area contributed by atoms with Gasteiger partial charge in [0.15, 0.2) is 0 Å². The molecule has 0 saturated heterocycles. The first-order valence-corrected chi connectivity index (χ1v) is 5.64. The van der Waals surface area contributed by atoms with Crippen molar-refractivity contribution < 1.29 is 0 Å². The van der Waals surface area contributed by atoms with E-state index in [9.17, 15) is 0 Å². The molecule has 4 nitrogen and oxygen atoms in total. The van der Waals surface area contributed by atoms with E-state index in [2.05, 4.69) is 27.1 Å². The van der Waals surface area contributed by atoms with Gasteiger partial charge >= 0.3 is 0 Å². The Morgan fingerprint density at radius 3 is 2.81 bits per heavy atom. The van der Waals surface area contributed by atoms with Gasteiger partial charge in [-0.15, -0.1) is 5.10 Å². The molecule has 0 atom stereocenters. The Kier molecular flexibility index (Phi) is 3.29. The van der Waals surface area contributed by atoms with Crippen molar-refractivity contribution in [3.63, 3.8) is 0 Å². The maximum Gasteiger partial charge on any atom is 0.111 e. The molecule has 2 aromatic heterocycles. The zero-order chi connectivity index (χ0) is 11.4. The lowest BCUT2D eigenvalue weighted by Crippen LogP contribution is -1.90. The molecule has 0 saturated carbocycles.